The summed E-state index contributed by atoms with van der Waals surface area (Å²) in [7, 11) is 0. The summed E-state index contributed by atoms with van der Waals surface area (Å²) in [6, 6.07) is 23.1. The molecule has 0 aliphatic carbocycles. The van der Waals surface area contributed by atoms with Crippen molar-refractivity contribution in [1.29, 1.82) is 0 Å². The molecular weight excluding hydrogens is 322 g/mol. The van der Waals surface area contributed by atoms with Gasteiger partial charge in [-0.05, 0) is 24.1 Å². The van der Waals surface area contributed by atoms with Crippen molar-refractivity contribution in [3.8, 4) is 0 Å². The van der Waals surface area contributed by atoms with Crippen molar-refractivity contribution in [2.45, 2.75) is 19.4 Å². The summed E-state index contributed by atoms with van der Waals surface area (Å²) in [5.41, 5.74) is 3.57. The Morgan fingerprint density at radius 1 is 0.962 bits per heavy atom. The molecule has 3 aromatic rings. The van der Waals surface area contributed by atoms with E-state index in [4.69, 9.17) is 0 Å². The van der Waals surface area contributed by atoms with E-state index < -0.39 is 0 Å². The van der Waals surface area contributed by atoms with E-state index in [0.29, 0.717) is 6.54 Å². The van der Waals surface area contributed by atoms with Crippen LogP contribution in [0.4, 0.5) is 0 Å². The van der Waals surface area contributed by atoms with Crippen LogP contribution in [0.2, 0.25) is 0 Å². The van der Waals surface area contributed by atoms with Gasteiger partial charge in [-0.15, -0.1) is 0 Å². The zero-order chi connectivity index (χ0) is 18.0. The molecule has 1 aromatic heterocycles. The number of guanidine groups is 1. The van der Waals surface area contributed by atoms with E-state index in [2.05, 4.69) is 93.4 Å². The van der Waals surface area contributed by atoms with Crippen molar-refractivity contribution in [2.24, 2.45) is 4.99 Å². The summed E-state index contributed by atoms with van der Waals surface area (Å²) < 4.78 is 0. The van der Waals surface area contributed by atoms with Gasteiger partial charge in [0.05, 0.1) is 12.2 Å². The molecule has 0 aliphatic rings. The summed E-state index contributed by atoms with van der Waals surface area (Å²) >= 11 is 0. The molecule has 2 aromatic carbocycles. The van der Waals surface area contributed by atoms with Crippen molar-refractivity contribution < 1.29 is 0 Å². The number of nitrogens with zero attached hydrogens (tertiary/aromatic N) is 2. The number of aromatic amines is 1. The van der Waals surface area contributed by atoms with Gasteiger partial charge >= 0.3 is 0 Å². The molecular formula is C21H25N5. The minimum atomic E-state index is 0.258. The molecule has 0 atom stereocenters. The number of hydrogen-bond donors (Lipinski definition) is 3. The third kappa shape index (κ3) is 4.96. The van der Waals surface area contributed by atoms with E-state index >= 15 is 0 Å². The number of aromatic nitrogens is 2. The number of nitrogens with one attached hydrogen (secondary N) is 3. The highest BCUT2D eigenvalue weighted by atomic mass is 15.2. The zero-order valence-corrected chi connectivity index (χ0v) is 15.0. The Morgan fingerprint density at radius 3 is 2.15 bits per heavy atom. The van der Waals surface area contributed by atoms with Crippen molar-refractivity contribution >= 4 is 5.96 Å². The lowest BCUT2D eigenvalue weighted by molar-refractivity contribution is 0.728. The number of rotatable bonds is 7. The Hall–Kier alpha value is -3.08. The molecule has 0 radical (unpaired) electrons. The van der Waals surface area contributed by atoms with Crippen LogP contribution >= 0.6 is 0 Å². The molecule has 0 unspecified atom stereocenters. The second kappa shape index (κ2) is 9.42. The van der Waals surface area contributed by atoms with Crippen LogP contribution in [-0.2, 0) is 6.54 Å². The first-order valence-corrected chi connectivity index (χ1v) is 8.97. The Kier molecular flexibility index (Phi) is 6.42. The summed E-state index contributed by atoms with van der Waals surface area (Å²) in [6.07, 6.45) is 1.74. The first-order valence-electron chi connectivity index (χ1n) is 8.97. The predicted octanol–water partition coefficient (Wildman–Crippen LogP) is 3.30. The average molecular weight is 347 g/mol. The van der Waals surface area contributed by atoms with E-state index in [9.17, 15) is 0 Å². The average Bonchev–Trinajstić information content (AvgIpc) is 3.21. The molecule has 0 bridgehead atoms. The topological polar surface area (TPSA) is 65.1 Å². The first kappa shape index (κ1) is 17.7. The highest BCUT2D eigenvalue weighted by Gasteiger charge is 2.14. The van der Waals surface area contributed by atoms with Gasteiger partial charge in [0.2, 0.25) is 0 Å². The van der Waals surface area contributed by atoms with E-state index in [0.717, 1.165) is 24.7 Å². The van der Waals surface area contributed by atoms with E-state index in [1.54, 1.807) is 6.20 Å². The Labute approximate surface area is 154 Å². The highest BCUT2D eigenvalue weighted by molar-refractivity contribution is 5.79. The third-order valence-electron chi connectivity index (χ3n) is 4.19. The van der Waals surface area contributed by atoms with Crippen LogP contribution in [-0.4, -0.2) is 29.2 Å². The molecule has 0 saturated carbocycles. The van der Waals surface area contributed by atoms with Crippen LogP contribution in [0.25, 0.3) is 0 Å². The molecule has 0 saturated heterocycles. The third-order valence-corrected chi connectivity index (χ3v) is 4.19. The predicted molar refractivity (Wildman–Crippen MR) is 106 cm³/mol. The maximum Gasteiger partial charge on any atom is 0.191 e. The quantitative estimate of drug-likeness (QED) is 0.454. The maximum absolute atomic E-state index is 4.64. The molecule has 3 rings (SSSR count). The molecule has 3 N–H and O–H groups in total. The minimum Gasteiger partial charge on any atom is -0.357 e. The lowest BCUT2D eigenvalue weighted by Gasteiger charge is -2.20. The van der Waals surface area contributed by atoms with Gasteiger partial charge in [-0.25, -0.2) is 4.99 Å². The van der Waals surface area contributed by atoms with Crippen LogP contribution in [0.5, 0.6) is 0 Å². The van der Waals surface area contributed by atoms with Gasteiger partial charge in [-0.3, -0.25) is 5.10 Å². The maximum atomic E-state index is 4.64. The van der Waals surface area contributed by atoms with Crippen LogP contribution in [0.3, 0.4) is 0 Å². The fourth-order valence-electron chi connectivity index (χ4n) is 2.88. The normalized spacial score (nSPS) is 11.5. The molecule has 134 valence electrons. The second-order valence-electron chi connectivity index (χ2n) is 6.03. The summed E-state index contributed by atoms with van der Waals surface area (Å²) in [6.45, 7) is 4.22. The molecule has 1 heterocycles. The van der Waals surface area contributed by atoms with Crippen molar-refractivity contribution in [1.82, 2.24) is 20.8 Å². The fraction of sp³-hybridized carbons (Fsp3) is 0.238. The fourth-order valence-corrected chi connectivity index (χ4v) is 2.88. The van der Waals surface area contributed by atoms with Crippen LogP contribution < -0.4 is 10.6 Å². The van der Waals surface area contributed by atoms with Crippen LogP contribution in [0.1, 0.15) is 29.7 Å². The summed E-state index contributed by atoms with van der Waals surface area (Å²) in [4.78, 5) is 4.64. The molecule has 5 heteroatoms. The number of aliphatic imine (C=N–C) groups is 1. The number of H-pyrrole nitrogens is 1. The van der Waals surface area contributed by atoms with Crippen molar-refractivity contribution in [2.75, 3.05) is 13.1 Å². The Balaban J connectivity index is 1.74. The van der Waals surface area contributed by atoms with Crippen LogP contribution in [0, 0.1) is 0 Å². The highest BCUT2D eigenvalue weighted by Crippen LogP contribution is 2.23. The monoisotopic (exact) mass is 347 g/mol. The standard InChI is InChI=1S/C21H25N5/c1-2-22-21(23-15-19-13-14-25-26-19)24-16-20(17-9-5-3-6-10-17)18-11-7-4-8-12-18/h3-14,20H,2,15-16H2,1H3,(H,25,26)(H2,22,23,24). The van der Waals surface area contributed by atoms with Gasteiger partial charge in [0, 0.05) is 25.2 Å². The zero-order valence-electron chi connectivity index (χ0n) is 15.0. The lowest BCUT2D eigenvalue weighted by atomic mass is 9.91. The lowest BCUT2D eigenvalue weighted by Crippen LogP contribution is -2.39. The van der Waals surface area contributed by atoms with Gasteiger partial charge in [-0.2, -0.15) is 5.10 Å². The second-order valence-corrected chi connectivity index (χ2v) is 6.03. The molecule has 0 spiro atoms. The molecule has 0 fully saturated rings. The largest absolute Gasteiger partial charge is 0.357 e. The van der Waals surface area contributed by atoms with E-state index in [-0.39, 0.29) is 5.92 Å². The van der Waals surface area contributed by atoms with Crippen LogP contribution in [0.15, 0.2) is 77.9 Å². The van der Waals surface area contributed by atoms with E-state index in [1.807, 2.05) is 6.07 Å². The summed E-state index contributed by atoms with van der Waals surface area (Å²) in [5, 5.41) is 13.7. The molecule has 5 nitrogen and oxygen atoms in total. The van der Waals surface area contributed by atoms with Gasteiger partial charge in [0.15, 0.2) is 5.96 Å². The van der Waals surface area contributed by atoms with Crippen molar-refractivity contribution in [3.63, 3.8) is 0 Å². The minimum absolute atomic E-state index is 0.258. The number of benzene rings is 2. The van der Waals surface area contributed by atoms with Gasteiger partial charge in [0.25, 0.3) is 0 Å². The number of hydrogen-bond acceptors (Lipinski definition) is 2. The van der Waals surface area contributed by atoms with Gasteiger partial charge in [0.1, 0.15) is 0 Å². The van der Waals surface area contributed by atoms with Gasteiger partial charge < -0.3 is 10.6 Å². The van der Waals surface area contributed by atoms with Crippen molar-refractivity contribution in [3.05, 3.63) is 89.7 Å². The smallest absolute Gasteiger partial charge is 0.191 e. The SMILES string of the molecule is CCNC(=NCc1ccn[nH]1)NCC(c1ccccc1)c1ccccc1. The van der Waals surface area contributed by atoms with Gasteiger partial charge in [-0.1, -0.05) is 60.7 Å². The first-order chi connectivity index (χ1) is 12.9. The molecule has 26 heavy (non-hydrogen) atoms. The van der Waals surface area contributed by atoms with E-state index in [1.165, 1.54) is 11.1 Å². The molecule has 0 aliphatic heterocycles. The Morgan fingerprint density at radius 2 is 1.62 bits per heavy atom. The Bertz CT molecular complexity index is 742. The molecule has 0 amide bonds. The summed E-state index contributed by atoms with van der Waals surface area (Å²) in [5.74, 6) is 1.06.